The Bertz CT molecular complexity index is 191. The van der Waals surface area contributed by atoms with Gasteiger partial charge < -0.3 is 10.1 Å². The van der Waals surface area contributed by atoms with E-state index in [1.807, 2.05) is 34.7 Å². The fraction of sp³-hybridized carbons (Fsp3) is 0.909. The molecule has 1 spiro atoms. The summed E-state index contributed by atoms with van der Waals surface area (Å²) in [5, 5.41) is 2.84. The summed E-state index contributed by atoms with van der Waals surface area (Å²) in [7, 11) is 1.97. The second kappa shape index (κ2) is 6.80. The Morgan fingerprint density at radius 1 is 1.27 bits per heavy atom. The number of nitrogens with zero attached hydrogens (tertiary/aromatic N) is 1. The number of nitrogens with one attached hydrogen (secondary N) is 1. The van der Waals surface area contributed by atoms with Gasteiger partial charge in [-0.3, -0.25) is 9.69 Å². The lowest BCUT2D eigenvalue weighted by Gasteiger charge is -2.50. The third kappa shape index (κ3) is 3.18. The van der Waals surface area contributed by atoms with Crippen LogP contribution in [-0.4, -0.2) is 49.7 Å². The van der Waals surface area contributed by atoms with Crippen LogP contribution in [0.2, 0.25) is 0 Å². The van der Waals surface area contributed by atoms with Crippen molar-refractivity contribution in [3.8, 4) is 0 Å². The minimum absolute atomic E-state index is 0.116. The molecule has 2 heterocycles. The van der Waals surface area contributed by atoms with Crippen LogP contribution in [0.3, 0.4) is 0 Å². The molecule has 1 N–H and O–H groups in total. The van der Waals surface area contributed by atoms with Crippen LogP contribution in [0.25, 0.3) is 0 Å². The molecule has 2 saturated heterocycles. The Labute approximate surface area is 93.0 Å². The van der Waals surface area contributed by atoms with Crippen LogP contribution in [0.15, 0.2) is 0 Å². The van der Waals surface area contributed by atoms with Gasteiger partial charge in [-0.1, -0.05) is 27.7 Å². The summed E-state index contributed by atoms with van der Waals surface area (Å²) in [6, 6.07) is 0. The lowest BCUT2D eigenvalue weighted by atomic mass is 9.93. The van der Waals surface area contributed by atoms with Crippen molar-refractivity contribution in [2.24, 2.45) is 0 Å². The number of ether oxygens (including phenoxy) is 1. The van der Waals surface area contributed by atoms with Gasteiger partial charge in [0.25, 0.3) is 0 Å². The van der Waals surface area contributed by atoms with Crippen molar-refractivity contribution in [2.45, 2.75) is 33.2 Å². The van der Waals surface area contributed by atoms with E-state index in [0.717, 1.165) is 19.8 Å². The zero-order chi connectivity index (χ0) is 11.9. The van der Waals surface area contributed by atoms with Crippen molar-refractivity contribution in [3.05, 3.63) is 0 Å². The smallest absolute Gasteiger partial charge is 0.234 e. The van der Waals surface area contributed by atoms with Crippen molar-refractivity contribution < 1.29 is 9.53 Å². The number of hydrogen-bond donors (Lipinski definition) is 1. The molecule has 2 rings (SSSR count). The molecule has 4 heteroatoms. The molecule has 0 aliphatic carbocycles. The molecule has 15 heavy (non-hydrogen) atoms. The molecule has 0 unspecified atom stereocenters. The molecular weight excluding hydrogens is 192 g/mol. The van der Waals surface area contributed by atoms with E-state index in [4.69, 9.17) is 4.74 Å². The van der Waals surface area contributed by atoms with Crippen LogP contribution in [0.5, 0.6) is 0 Å². The van der Waals surface area contributed by atoms with E-state index in [2.05, 4.69) is 10.2 Å². The number of rotatable bonds is 0. The van der Waals surface area contributed by atoms with Gasteiger partial charge in [0.1, 0.15) is 0 Å². The van der Waals surface area contributed by atoms with E-state index in [-0.39, 0.29) is 11.4 Å². The summed E-state index contributed by atoms with van der Waals surface area (Å²) < 4.78 is 5.13. The fourth-order valence-corrected chi connectivity index (χ4v) is 1.50. The summed E-state index contributed by atoms with van der Waals surface area (Å²) in [4.78, 5) is 13.0. The Kier molecular flexibility index (Phi) is 6.52. The standard InChI is InChI=1S/C7H12N2O2.2C2H6/c1-9-2-6(10)8-3-7(9)4-11-5-7;2*1-2/h2-5H2,1H3,(H,8,10);2*1-2H3. The molecule has 0 aromatic rings. The molecule has 1 amide bonds. The van der Waals surface area contributed by atoms with Crippen molar-refractivity contribution >= 4 is 5.91 Å². The summed E-state index contributed by atoms with van der Waals surface area (Å²) in [5.41, 5.74) is 0.119. The van der Waals surface area contributed by atoms with Crippen LogP contribution in [0.4, 0.5) is 0 Å². The van der Waals surface area contributed by atoms with Crippen molar-refractivity contribution in [1.29, 1.82) is 0 Å². The normalized spacial score (nSPS) is 22.6. The fourth-order valence-electron chi connectivity index (χ4n) is 1.50. The topological polar surface area (TPSA) is 41.6 Å². The van der Waals surface area contributed by atoms with Crippen molar-refractivity contribution in [2.75, 3.05) is 33.4 Å². The lowest BCUT2D eigenvalue weighted by molar-refractivity contribution is -0.156. The van der Waals surface area contributed by atoms with Gasteiger partial charge in [-0.05, 0) is 7.05 Å². The maximum absolute atomic E-state index is 10.9. The van der Waals surface area contributed by atoms with Gasteiger partial charge in [0.15, 0.2) is 0 Å². The molecule has 2 aliphatic rings. The number of piperazine rings is 1. The number of likely N-dealkylation sites (N-methyl/N-ethyl adjacent to an activating group) is 1. The first-order valence-electron chi connectivity index (χ1n) is 5.79. The molecule has 2 aliphatic heterocycles. The molecule has 0 atom stereocenters. The average Bonchev–Trinajstić information content (AvgIpc) is 2.22. The van der Waals surface area contributed by atoms with Crippen LogP contribution < -0.4 is 5.32 Å². The maximum atomic E-state index is 10.9. The highest BCUT2D eigenvalue weighted by Gasteiger charge is 2.45. The largest absolute Gasteiger partial charge is 0.377 e. The highest BCUT2D eigenvalue weighted by Crippen LogP contribution is 2.24. The highest BCUT2D eigenvalue weighted by molar-refractivity contribution is 5.79. The van der Waals surface area contributed by atoms with E-state index in [1.165, 1.54) is 0 Å². The van der Waals surface area contributed by atoms with Crippen molar-refractivity contribution in [3.63, 3.8) is 0 Å². The van der Waals surface area contributed by atoms with Gasteiger partial charge in [0.05, 0.1) is 25.3 Å². The van der Waals surface area contributed by atoms with Crippen LogP contribution in [0.1, 0.15) is 27.7 Å². The minimum atomic E-state index is 0.116. The van der Waals surface area contributed by atoms with Crippen LogP contribution in [-0.2, 0) is 9.53 Å². The summed E-state index contributed by atoms with van der Waals surface area (Å²) in [6.07, 6.45) is 0. The first-order chi connectivity index (χ1) is 7.23. The number of hydrogen-bond acceptors (Lipinski definition) is 3. The number of carbonyl (C=O) groups excluding carboxylic acids is 1. The molecule has 0 bridgehead atoms. The first-order valence-corrected chi connectivity index (χ1v) is 5.79. The number of amides is 1. The lowest BCUT2D eigenvalue weighted by Crippen LogP contribution is -2.71. The van der Waals surface area contributed by atoms with E-state index in [1.54, 1.807) is 0 Å². The molecule has 0 saturated carbocycles. The van der Waals surface area contributed by atoms with Crippen LogP contribution in [0, 0.1) is 0 Å². The monoisotopic (exact) mass is 216 g/mol. The third-order valence-corrected chi connectivity index (χ3v) is 2.55. The molecule has 2 fully saturated rings. The quantitative estimate of drug-likeness (QED) is 0.653. The van der Waals surface area contributed by atoms with E-state index in [9.17, 15) is 4.79 Å². The first kappa shape index (κ1) is 14.4. The summed E-state index contributed by atoms with van der Waals surface area (Å²) in [5.74, 6) is 0.116. The Morgan fingerprint density at radius 3 is 2.13 bits per heavy atom. The molecule has 0 radical (unpaired) electrons. The zero-order valence-corrected chi connectivity index (χ0v) is 10.6. The predicted molar refractivity (Wildman–Crippen MR) is 61.9 cm³/mol. The summed E-state index contributed by atoms with van der Waals surface area (Å²) >= 11 is 0. The minimum Gasteiger partial charge on any atom is -0.377 e. The van der Waals surface area contributed by atoms with Gasteiger partial charge in [-0.25, -0.2) is 0 Å². The van der Waals surface area contributed by atoms with Gasteiger partial charge in [-0.2, -0.15) is 0 Å². The Balaban J connectivity index is 0.000000442. The molecule has 0 aromatic heterocycles. The zero-order valence-electron chi connectivity index (χ0n) is 10.6. The summed E-state index contributed by atoms with van der Waals surface area (Å²) in [6.45, 7) is 10.7. The number of carbonyl (C=O) groups is 1. The molecular formula is C11H24N2O2. The van der Waals surface area contributed by atoms with Gasteiger partial charge in [0.2, 0.25) is 5.91 Å². The second-order valence-corrected chi connectivity index (χ2v) is 3.35. The Hall–Kier alpha value is -0.610. The van der Waals surface area contributed by atoms with Crippen molar-refractivity contribution in [1.82, 2.24) is 10.2 Å². The second-order valence-electron chi connectivity index (χ2n) is 3.35. The Morgan fingerprint density at radius 2 is 1.80 bits per heavy atom. The van der Waals surface area contributed by atoms with Gasteiger partial charge >= 0.3 is 0 Å². The highest BCUT2D eigenvalue weighted by atomic mass is 16.5. The van der Waals surface area contributed by atoms with Gasteiger partial charge in [-0.15, -0.1) is 0 Å². The predicted octanol–water partition coefficient (Wildman–Crippen LogP) is 0.869. The molecule has 0 aromatic carbocycles. The SMILES string of the molecule is CC.CC.CN1CC(=O)NCC12COC2. The molecule has 4 nitrogen and oxygen atoms in total. The van der Waals surface area contributed by atoms with Gasteiger partial charge in [0, 0.05) is 6.54 Å². The third-order valence-electron chi connectivity index (χ3n) is 2.55. The van der Waals surface area contributed by atoms with E-state index >= 15 is 0 Å². The molecule has 90 valence electrons. The van der Waals surface area contributed by atoms with E-state index < -0.39 is 0 Å². The van der Waals surface area contributed by atoms with E-state index in [0.29, 0.717) is 6.54 Å². The maximum Gasteiger partial charge on any atom is 0.234 e. The average molecular weight is 216 g/mol. The van der Waals surface area contributed by atoms with Crippen LogP contribution >= 0.6 is 0 Å².